The third kappa shape index (κ3) is 1.90. The van der Waals surface area contributed by atoms with Crippen LogP contribution in [0, 0.1) is 0 Å². The second-order valence-corrected chi connectivity index (χ2v) is 3.32. The average molecular weight is 198 g/mol. The highest BCUT2D eigenvalue weighted by molar-refractivity contribution is 5.69. The molecular formula is C8H14N4O2. The van der Waals surface area contributed by atoms with Crippen LogP contribution >= 0.6 is 0 Å². The lowest BCUT2D eigenvalue weighted by Gasteiger charge is -2.45. The maximum atomic E-state index is 11.2. The van der Waals surface area contributed by atoms with Crippen LogP contribution < -0.4 is 0 Å². The quantitative estimate of drug-likeness (QED) is 0.394. The van der Waals surface area contributed by atoms with Gasteiger partial charge in [-0.1, -0.05) is 12.0 Å². The van der Waals surface area contributed by atoms with Gasteiger partial charge >= 0.3 is 6.09 Å². The maximum Gasteiger partial charge on any atom is 0.409 e. The molecule has 1 amide bonds. The predicted octanol–water partition coefficient (Wildman–Crippen LogP) is 1.92. The van der Waals surface area contributed by atoms with E-state index in [1.54, 1.807) is 11.8 Å². The number of amides is 1. The molecule has 0 aromatic carbocycles. The van der Waals surface area contributed by atoms with Gasteiger partial charge in [0.2, 0.25) is 0 Å². The predicted molar refractivity (Wildman–Crippen MR) is 50.8 cm³/mol. The van der Waals surface area contributed by atoms with E-state index in [-0.39, 0.29) is 6.09 Å². The lowest BCUT2D eigenvalue weighted by Crippen LogP contribution is -2.61. The molecule has 78 valence electrons. The highest BCUT2D eigenvalue weighted by Crippen LogP contribution is 2.29. The Kier molecular flexibility index (Phi) is 3.19. The number of hydrogen-bond acceptors (Lipinski definition) is 3. The maximum absolute atomic E-state index is 11.2. The Balaban J connectivity index is 2.48. The van der Waals surface area contributed by atoms with Gasteiger partial charge in [0, 0.05) is 18.0 Å². The second kappa shape index (κ2) is 4.19. The molecule has 0 aromatic rings. The number of carbonyl (C=O) groups excluding carboxylic acids is 1. The van der Waals surface area contributed by atoms with Crippen molar-refractivity contribution in [3.8, 4) is 0 Å². The Morgan fingerprint density at radius 3 is 2.71 bits per heavy atom. The van der Waals surface area contributed by atoms with Crippen LogP contribution in [0.2, 0.25) is 0 Å². The summed E-state index contributed by atoms with van der Waals surface area (Å²) in [6.07, 6.45) is 0.414. The summed E-state index contributed by atoms with van der Waals surface area (Å²) < 4.78 is 4.81. The third-order valence-corrected chi connectivity index (χ3v) is 2.41. The topological polar surface area (TPSA) is 78.3 Å². The first-order chi connectivity index (χ1) is 6.67. The van der Waals surface area contributed by atoms with Gasteiger partial charge in [-0.15, -0.1) is 0 Å². The molecule has 0 spiro atoms. The fourth-order valence-electron chi connectivity index (χ4n) is 1.46. The van der Waals surface area contributed by atoms with E-state index in [0.717, 1.165) is 6.42 Å². The van der Waals surface area contributed by atoms with Gasteiger partial charge in [-0.25, -0.2) is 4.79 Å². The van der Waals surface area contributed by atoms with Crippen LogP contribution in [0.15, 0.2) is 5.11 Å². The number of likely N-dealkylation sites (tertiary alicyclic amines) is 1. The minimum atomic E-state index is -0.401. The Hall–Kier alpha value is -1.42. The van der Waals surface area contributed by atoms with E-state index in [2.05, 4.69) is 10.0 Å². The zero-order valence-corrected chi connectivity index (χ0v) is 8.43. The molecule has 1 saturated heterocycles. The monoisotopic (exact) mass is 198 g/mol. The van der Waals surface area contributed by atoms with E-state index in [9.17, 15) is 4.79 Å². The number of azide groups is 1. The van der Waals surface area contributed by atoms with Crippen molar-refractivity contribution in [2.75, 3.05) is 19.7 Å². The molecule has 1 aliphatic heterocycles. The molecule has 0 aliphatic carbocycles. The number of carbonyl (C=O) groups is 1. The van der Waals surface area contributed by atoms with Crippen molar-refractivity contribution in [2.45, 2.75) is 25.8 Å². The second-order valence-electron chi connectivity index (χ2n) is 3.32. The van der Waals surface area contributed by atoms with E-state index >= 15 is 0 Å². The average Bonchev–Trinajstić information content (AvgIpc) is 2.11. The van der Waals surface area contributed by atoms with Crippen molar-refractivity contribution < 1.29 is 9.53 Å². The summed E-state index contributed by atoms with van der Waals surface area (Å²) in [6.45, 7) is 5.00. The van der Waals surface area contributed by atoms with E-state index in [4.69, 9.17) is 10.3 Å². The molecule has 1 aliphatic rings. The molecule has 0 radical (unpaired) electrons. The zero-order chi connectivity index (χ0) is 10.6. The summed E-state index contributed by atoms with van der Waals surface area (Å²) in [4.78, 5) is 15.5. The van der Waals surface area contributed by atoms with Crippen molar-refractivity contribution in [2.24, 2.45) is 5.11 Å². The van der Waals surface area contributed by atoms with E-state index in [1.165, 1.54) is 0 Å². The smallest absolute Gasteiger partial charge is 0.409 e. The lowest BCUT2D eigenvalue weighted by molar-refractivity contribution is 0.0416. The molecule has 0 bridgehead atoms. The van der Waals surface area contributed by atoms with E-state index < -0.39 is 5.54 Å². The number of nitrogens with zero attached hydrogens (tertiary/aromatic N) is 4. The van der Waals surface area contributed by atoms with Crippen LogP contribution in [0.25, 0.3) is 10.4 Å². The van der Waals surface area contributed by atoms with Gasteiger partial charge in [-0.2, -0.15) is 0 Å². The standard InChI is InChI=1S/C8H14N4O2/c1-3-8(10-11-9)5-12(6-8)7(13)14-4-2/h3-6H2,1-2H3. The Labute approximate surface area is 82.5 Å². The van der Waals surface area contributed by atoms with Crippen LogP contribution in [0.3, 0.4) is 0 Å². The van der Waals surface area contributed by atoms with Crippen LogP contribution in [-0.2, 0) is 4.74 Å². The summed E-state index contributed by atoms with van der Waals surface area (Å²) in [7, 11) is 0. The van der Waals surface area contributed by atoms with Gasteiger partial charge < -0.3 is 9.64 Å². The molecule has 14 heavy (non-hydrogen) atoms. The molecule has 0 saturated carbocycles. The number of ether oxygens (including phenoxy) is 1. The molecule has 0 aromatic heterocycles. The Morgan fingerprint density at radius 1 is 1.64 bits per heavy atom. The zero-order valence-electron chi connectivity index (χ0n) is 8.43. The fourth-order valence-corrected chi connectivity index (χ4v) is 1.46. The highest BCUT2D eigenvalue weighted by Gasteiger charge is 2.43. The van der Waals surface area contributed by atoms with Crippen molar-refractivity contribution >= 4 is 6.09 Å². The molecule has 0 N–H and O–H groups in total. The van der Waals surface area contributed by atoms with Crippen LogP contribution in [0.5, 0.6) is 0 Å². The molecule has 6 heteroatoms. The summed E-state index contributed by atoms with van der Waals surface area (Å²) >= 11 is 0. The lowest BCUT2D eigenvalue weighted by atomic mass is 9.88. The first-order valence-electron chi connectivity index (χ1n) is 4.65. The minimum Gasteiger partial charge on any atom is -0.450 e. The van der Waals surface area contributed by atoms with Gasteiger partial charge in [0.05, 0.1) is 12.1 Å². The first kappa shape index (κ1) is 10.7. The van der Waals surface area contributed by atoms with Crippen LogP contribution in [0.4, 0.5) is 4.79 Å². The Bertz CT molecular complexity index is 267. The first-order valence-corrected chi connectivity index (χ1v) is 4.65. The van der Waals surface area contributed by atoms with E-state index in [0.29, 0.717) is 19.7 Å². The van der Waals surface area contributed by atoms with Crippen molar-refractivity contribution in [1.29, 1.82) is 0 Å². The molecule has 1 fully saturated rings. The van der Waals surface area contributed by atoms with Crippen molar-refractivity contribution in [1.82, 2.24) is 4.90 Å². The largest absolute Gasteiger partial charge is 0.450 e. The van der Waals surface area contributed by atoms with E-state index in [1.807, 2.05) is 6.92 Å². The number of hydrogen-bond donors (Lipinski definition) is 0. The minimum absolute atomic E-state index is 0.329. The summed E-state index contributed by atoms with van der Waals surface area (Å²) in [5.74, 6) is 0. The molecule has 0 unspecified atom stereocenters. The molecule has 0 atom stereocenters. The third-order valence-electron chi connectivity index (χ3n) is 2.41. The molecule has 1 heterocycles. The molecule has 6 nitrogen and oxygen atoms in total. The fraction of sp³-hybridized carbons (Fsp3) is 0.875. The Morgan fingerprint density at radius 2 is 2.29 bits per heavy atom. The summed E-state index contributed by atoms with van der Waals surface area (Å²) in [5, 5.41) is 3.70. The van der Waals surface area contributed by atoms with Gasteiger partial charge in [0.25, 0.3) is 0 Å². The van der Waals surface area contributed by atoms with Crippen LogP contribution in [-0.4, -0.2) is 36.2 Å². The normalized spacial score (nSPS) is 18.0. The van der Waals surface area contributed by atoms with Crippen molar-refractivity contribution in [3.05, 3.63) is 10.4 Å². The van der Waals surface area contributed by atoms with Crippen molar-refractivity contribution in [3.63, 3.8) is 0 Å². The summed E-state index contributed by atoms with van der Waals surface area (Å²) in [5.41, 5.74) is 7.95. The number of rotatable bonds is 3. The SMILES string of the molecule is CCOC(=O)N1CC(CC)(N=[N+]=[N-])C1. The van der Waals surface area contributed by atoms with Gasteiger partial charge in [-0.3, -0.25) is 0 Å². The summed E-state index contributed by atoms with van der Waals surface area (Å²) in [6, 6.07) is 0. The van der Waals surface area contributed by atoms with Crippen LogP contribution in [0.1, 0.15) is 20.3 Å². The van der Waals surface area contributed by atoms with Gasteiger partial charge in [-0.05, 0) is 18.9 Å². The van der Waals surface area contributed by atoms with Gasteiger partial charge in [0.15, 0.2) is 0 Å². The molecule has 1 rings (SSSR count). The molecular weight excluding hydrogens is 184 g/mol. The van der Waals surface area contributed by atoms with Gasteiger partial charge in [0.1, 0.15) is 0 Å². The highest BCUT2D eigenvalue weighted by atomic mass is 16.6.